The zero-order valence-electron chi connectivity index (χ0n) is 9.68. The van der Waals surface area contributed by atoms with Gasteiger partial charge < -0.3 is 10.1 Å². The van der Waals surface area contributed by atoms with Crippen molar-refractivity contribution >= 4 is 29.0 Å². The number of carbonyl (C=O) groups excluding carboxylic acids is 1. The topological polar surface area (TPSA) is 94.4 Å². The Morgan fingerprint density at radius 3 is 2.94 bits per heavy atom. The van der Waals surface area contributed by atoms with Gasteiger partial charge in [0, 0.05) is 12.7 Å². The van der Waals surface area contributed by atoms with E-state index in [2.05, 4.69) is 10.3 Å². The molecule has 1 N–H and O–H groups in total. The van der Waals surface area contributed by atoms with Gasteiger partial charge in [-0.3, -0.25) is 14.9 Å². The molecular weight excluding hydrogens is 262 g/mol. The van der Waals surface area contributed by atoms with Crippen LogP contribution in [0.4, 0.5) is 11.5 Å². The molecule has 1 aromatic heterocycles. The standard InChI is InChI=1S/C10H12ClN3O4/c1-2-5-18-6-9(15)13-10-7(14(16)17)3-4-8(11)12-10/h3-4H,2,5-6H2,1H3,(H,12,13,15). The molecule has 1 rings (SSSR count). The van der Waals surface area contributed by atoms with Crippen molar-refractivity contribution in [2.75, 3.05) is 18.5 Å². The van der Waals surface area contributed by atoms with Gasteiger partial charge in [0.2, 0.25) is 5.82 Å². The molecule has 0 unspecified atom stereocenters. The lowest BCUT2D eigenvalue weighted by Crippen LogP contribution is -2.20. The minimum absolute atomic E-state index is 0.0605. The molecule has 0 fully saturated rings. The van der Waals surface area contributed by atoms with E-state index in [1.165, 1.54) is 12.1 Å². The molecule has 0 spiro atoms. The van der Waals surface area contributed by atoms with Crippen LogP contribution in [0, 0.1) is 10.1 Å². The number of nitrogens with one attached hydrogen (secondary N) is 1. The number of carbonyl (C=O) groups is 1. The van der Waals surface area contributed by atoms with E-state index in [1.807, 2.05) is 6.92 Å². The van der Waals surface area contributed by atoms with Crippen LogP contribution in [0.5, 0.6) is 0 Å². The molecule has 0 radical (unpaired) electrons. The second kappa shape index (κ2) is 6.87. The number of hydrogen-bond donors (Lipinski definition) is 1. The molecule has 1 amide bonds. The largest absolute Gasteiger partial charge is 0.372 e. The first-order valence-corrected chi connectivity index (χ1v) is 5.61. The van der Waals surface area contributed by atoms with Gasteiger partial charge in [-0.2, -0.15) is 0 Å². The molecule has 0 aliphatic heterocycles. The van der Waals surface area contributed by atoms with Crippen molar-refractivity contribution in [3.05, 3.63) is 27.4 Å². The van der Waals surface area contributed by atoms with E-state index in [4.69, 9.17) is 16.3 Å². The number of ether oxygens (including phenoxy) is 1. The highest BCUT2D eigenvalue weighted by atomic mass is 35.5. The van der Waals surface area contributed by atoms with Crippen LogP contribution >= 0.6 is 11.6 Å². The molecule has 0 aromatic carbocycles. The van der Waals surface area contributed by atoms with Crippen LogP contribution in [0.15, 0.2) is 12.1 Å². The predicted molar refractivity (Wildman–Crippen MR) is 65.6 cm³/mol. The minimum Gasteiger partial charge on any atom is -0.372 e. The summed E-state index contributed by atoms with van der Waals surface area (Å²) in [5.74, 6) is -0.695. The maximum atomic E-state index is 11.4. The zero-order valence-corrected chi connectivity index (χ0v) is 10.4. The van der Waals surface area contributed by atoms with Crippen LogP contribution < -0.4 is 5.32 Å². The summed E-state index contributed by atoms with van der Waals surface area (Å²) in [5.41, 5.74) is -0.316. The SMILES string of the molecule is CCCOCC(=O)Nc1nc(Cl)ccc1[N+](=O)[O-]. The molecule has 0 bridgehead atoms. The average Bonchev–Trinajstić information content (AvgIpc) is 2.29. The minimum atomic E-state index is -0.647. The van der Waals surface area contributed by atoms with Crippen molar-refractivity contribution in [3.8, 4) is 0 Å². The Bertz CT molecular complexity index is 453. The molecule has 18 heavy (non-hydrogen) atoms. The normalized spacial score (nSPS) is 10.1. The Kier molecular flexibility index (Phi) is 5.47. The number of rotatable bonds is 6. The van der Waals surface area contributed by atoms with Gasteiger partial charge in [0.25, 0.3) is 5.91 Å². The average molecular weight is 274 g/mol. The van der Waals surface area contributed by atoms with Crippen LogP contribution in [0.1, 0.15) is 13.3 Å². The van der Waals surface area contributed by atoms with Gasteiger partial charge in [0.1, 0.15) is 11.8 Å². The fraction of sp³-hybridized carbons (Fsp3) is 0.400. The van der Waals surface area contributed by atoms with Crippen molar-refractivity contribution in [2.45, 2.75) is 13.3 Å². The molecule has 1 heterocycles. The maximum Gasteiger partial charge on any atom is 0.311 e. The van der Waals surface area contributed by atoms with E-state index in [1.54, 1.807) is 0 Å². The first-order chi connectivity index (χ1) is 8.54. The Balaban J connectivity index is 2.73. The van der Waals surface area contributed by atoms with Gasteiger partial charge in [-0.1, -0.05) is 18.5 Å². The molecule has 98 valence electrons. The summed E-state index contributed by atoms with van der Waals surface area (Å²) >= 11 is 5.62. The van der Waals surface area contributed by atoms with Crippen molar-refractivity contribution in [2.24, 2.45) is 0 Å². The van der Waals surface area contributed by atoms with E-state index in [0.717, 1.165) is 6.42 Å². The van der Waals surface area contributed by atoms with Crippen molar-refractivity contribution < 1.29 is 14.5 Å². The van der Waals surface area contributed by atoms with E-state index in [9.17, 15) is 14.9 Å². The van der Waals surface area contributed by atoms with Crippen molar-refractivity contribution in [1.29, 1.82) is 0 Å². The third-order valence-electron chi connectivity index (χ3n) is 1.88. The van der Waals surface area contributed by atoms with Crippen LogP contribution in [-0.2, 0) is 9.53 Å². The number of amides is 1. The lowest BCUT2D eigenvalue weighted by atomic mass is 10.4. The number of pyridine rings is 1. The first kappa shape index (κ1) is 14.3. The van der Waals surface area contributed by atoms with Crippen molar-refractivity contribution in [1.82, 2.24) is 4.98 Å². The Labute approximate surface area is 108 Å². The molecule has 7 nitrogen and oxygen atoms in total. The highest BCUT2D eigenvalue weighted by Gasteiger charge is 2.17. The van der Waals surface area contributed by atoms with E-state index in [0.29, 0.717) is 6.61 Å². The van der Waals surface area contributed by atoms with Crippen LogP contribution in [-0.4, -0.2) is 29.0 Å². The highest BCUT2D eigenvalue weighted by Crippen LogP contribution is 2.23. The van der Waals surface area contributed by atoms with Gasteiger partial charge in [-0.05, 0) is 12.5 Å². The summed E-state index contributed by atoms with van der Waals surface area (Å²) < 4.78 is 5.00. The lowest BCUT2D eigenvalue weighted by Gasteiger charge is -2.05. The van der Waals surface area contributed by atoms with Crippen LogP contribution in [0.2, 0.25) is 5.15 Å². The van der Waals surface area contributed by atoms with E-state index in [-0.39, 0.29) is 23.3 Å². The number of nitro groups is 1. The quantitative estimate of drug-likeness (QED) is 0.370. The summed E-state index contributed by atoms with van der Waals surface area (Å²) in [6.45, 7) is 2.17. The van der Waals surface area contributed by atoms with E-state index >= 15 is 0 Å². The third kappa shape index (κ3) is 4.27. The monoisotopic (exact) mass is 273 g/mol. The van der Waals surface area contributed by atoms with Gasteiger partial charge >= 0.3 is 5.69 Å². The summed E-state index contributed by atoms with van der Waals surface area (Å²) in [7, 11) is 0. The number of aromatic nitrogens is 1. The Morgan fingerprint density at radius 1 is 1.61 bits per heavy atom. The third-order valence-corrected chi connectivity index (χ3v) is 2.09. The Morgan fingerprint density at radius 2 is 2.33 bits per heavy atom. The van der Waals surface area contributed by atoms with Gasteiger partial charge in [-0.25, -0.2) is 4.98 Å². The molecule has 0 saturated carbocycles. The zero-order chi connectivity index (χ0) is 13.5. The number of halogens is 1. The van der Waals surface area contributed by atoms with Crippen LogP contribution in [0.3, 0.4) is 0 Å². The molecule has 1 aromatic rings. The summed E-state index contributed by atoms with van der Waals surface area (Å²) in [5, 5.41) is 13.1. The summed E-state index contributed by atoms with van der Waals surface area (Å²) in [6.07, 6.45) is 0.781. The fourth-order valence-corrected chi connectivity index (χ4v) is 1.29. The maximum absolute atomic E-state index is 11.4. The second-order valence-electron chi connectivity index (χ2n) is 3.36. The summed E-state index contributed by atoms with van der Waals surface area (Å²) in [4.78, 5) is 25.2. The van der Waals surface area contributed by atoms with Gasteiger partial charge in [0.05, 0.1) is 4.92 Å². The lowest BCUT2D eigenvalue weighted by molar-refractivity contribution is -0.384. The summed E-state index contributed by atoms with van der Waals surface area (Å²) in [6, 6.07) is 2.46. The van der Waals surface area contributed by atoms with Gasteiger partial charge in [-0.15, -0.1) is 0 Å². The first-order valence-electron chi connectivity index (χ1n) is 5.23. The second-order valence-corrected chi connectivity index (χ2v) is 3.75. The number of hydrogen-bond acceptors (Lipinski definition) is 5. The molecule has 8 heteroatoms. The van der Waals surface area contributed by atoms with Crippen molar-refractivity contribution in [3.63, 3.8) is 0 Å². The van der Waals surface area contributed by atoms with Gasteiger partial charge in [0.15, 0.2) is 0 Å². The van der Waals surface area contributed by atoms with Crippen LogP contribution in [0.25, 0.3) is 0 Å². The molecular formula is C10H12ClN3O4. The smallest absolute Gasteiger partial charge is 0.311 e. The number of anilines is 1. The molecule has 0 saturated heterocycles. The Hall–Kier alpha value is -1.73. The highest BCUT2D eigenvalue weighted by molar-refractivity contribution is 6.29. The number of nitrogens with zero attached hydrogens (tertiary/aromatic N) is 2. The predicted octanol–water partition coefficient (Wildman–Crippen LogP) is 2.01. The fourth-order valence-electron chi connectivity index (χ4n) is 1.14. The molecule has 0 aliphatic rings. The van der Waals surface area contributed by atoms with E-state index < -0.39 is 10.8 Å². The molecule has 0 atom stereocenters. The molecule has 0 aliphatic carbocycles.